The smallest absolute Gasteiger partial charge is 0.387 e. The van der Waals surface area contributed by atoms with E-state index in [0.29, 0.717) is 22.6 Å². The lowest BCUT2D eigenvalue weighted by atomic mass is 10.0. The zero-order valence-electron chi connectivity index (χ0n) is 17.2. The third kappa shape index (κ3) is 4.92. The van der Waals surface area contributed by atoms with Gasteiger partial charge in [0.05, 0.1) is 16.1 Å². The van der Waals surface area contributed by atoms with Gasteiger partial charge in [-0.2, -0.15) is 8.78 Å². The summed E-state index contributed by atoms with van der Waals surface area (Å²) in [7, 11) is 0. The Hall–Kier alpha value is -2.57. The van der Waals surface area contributed by atoms with E-state index in [9.17, 15) is 8.78 Å². The van der Waals surface area contributed by atoms with Gasteiger partial charge in [-0.1, -0.05) is 41.9 Å². The third-order valence-electron chi connectivity index (χ3n) is 5.49. The number of hydrogen-bond donors (Lipinski definition) is 1. The number of aromatic nitrogens is 2. The Morgan fingerprint density at radius 2 is 1.84 bits per heavy atom. The van der Waals surface area contributed by atoms with E-state index in [1.54, 1.807) is 24.3 Å². The monoisotopic (exact) mass is 470 g/mol. The zero-order chi connectivity index (χ0) is 22.1. The number of thioether (sulfide) groups is 1. The average molecular weight is 471 g/mol. The molecule has 1 aliphatic rings. The molecule has 0 saturated heterocycles. The number of H-pyrrole nitrogens is 1. The summed E-state index contributed by atoms with van der Waals surface area (Å²) < 4.78 is 30.3. The molecular weight excluding hydrogens is 450 g/mol. The van der Waals surface area contributed by atoms with Crippen LogP contribution in [0.5, 0.6) is 5.75 Å². The average Bonchev–Trinajstić information content (AvgIpc) is 3.52. The molecule has 0 amide bonds. The molecule has 0 aliphatic heterocycles. The molecule has 3 aromatic carbocycles. The molecule has 1 fully saturated rings. The molecule has 1 saturated carbocycles. The number of para-hydroxylation sites is 1. The lowest BCUT2D eigenvalue weighted by molar-refractivity contribution is -0.0494. The summed E-state index contributed by atoms with van der Waals surface area (Å²) in [6.07, 6.45) is 3.40. The van der Waals surface area contributed by atoms with Gasteiger partial charge in [-0.25, -0.2) is 4.98 Å². The van der Waals surface area contributed by atoms with Gasteiger partial charge in [0, 0.05) is 28.2 Å². The molecule has 0 spiro atoms. The fraction of sp³-hybridized carbons (Fsp3) is 0.240. The quantitative estimate of drug-likeness (QED) is 0.270. The van der Waals surface area contributed by atoms with Crippen molar-refractivity contribution >= 4 is 34.4 Å². The van der Waals surface area contributed by atoms with Crippen LogP contribution in [0.1, 0.15) is 24.2 Å². The normalized spacial score (nSPS) is 13.8. The minimum Gasteiger partial charge on any atom is -0.434 e. The van der Waals surface area contributed by atoms with E-state index in [2.05, 4.69) is 34.0 Å². The second-order valence-corrected chi connectivity index (χ2v) is 9.48. The first-order valence-corrected chi connectivity index (χ1v) is 11.9. The van der Waals surface area contributed by atoms with Crippen LogP contribution in [0.15, 0.2) is 65.6 Å². The first kappa shape index (κ1) is 21.3. The van der Waals surface area contributed by atoms with Crippen molar-refractivity contribution < 1.29 is 13.5 Å². The number of benzene rings is 3. The standard InChI is InChI=1S/C25H21ClF2N2OS/c26-20-13-22-21(12-19(20)18-3-1-2-4-23(18)31-25(27)28)29-24(30-22)11-15-7-9-17(10-8-15)32-14-16-5-6-16/h1-4,7-10,12-13,16,25H,5-6,11,14H2,(H,29,30). The van der Waals surface area contributed by atoms with Crippen LogP contribution < -0.4 is 4.74 Å². The lowest BCUT2D eigenvalue weighted by Crippen LogP contribution is -2.03. The number of aromatic amines is 1. The summed E-state index contributed by atoms with van der Waals surface area (Å²) in [5.74, 6) is 3.01. The molecule has 164 valence electrons. The molecule has 3 nitrogen and oxygen atoms in total. The Balaban J connectivity index is 1.38. The van der Waals surface area contributed by atoms with Crippen molar-refractivity contribution in [1.29, 1.82) is 0 Å². The molecule has 0 unspecified atom stereocenters. The SMILES string of the molecule is FC(F)Oc1ccccc1-c1cc2nc(Cc3ccc(SCC4CC4)cc3)[nH]c2cc1Cl. The van der Waals surface area contributed by atoms with Gasteiger partial charge >= 0.3 is 6.61 Å². The maximum atomic E-state index is 12.8. The van der Waals surface area contributed by atoms with E-state index < -0.39 is 6.61 Å². The molecule has 1 N–H and O–H groups in total. The summed E-state index contributed by atoms with van der Waals surface area (Å²) in [5, 5.41) is 0.440. The van der Waals surface area contributed by atoms with Crippen LogP contribution in [-0.2, 0) is 6.42 Å². The highest BCUT2D eigenvalue weighted by Gasteiger charge is 2.21. The van der Waals surface area contributed by atoms with Gasteiger partial charge in [0.15, 0.2) is 0 Å². The van der Waals surface area contributed by atoms with Gasteiger partial charge in [-0.3, -0.25) is 0 Å². The molecule has 1 heterocycles. The summed E-state index contributed by atoms with van der Waals surface area (Å²) >= 11 is 8.42. The molecule has 5 rings (SSSR count). The van der Waals surface area contributed by atoms with Crippen molar-refractivity contribution in [2.75, 3.05) is 5.75 Å². The van der Waals surface area contributed by atoms with Crippen LogP contribution in [0.4, 0.5) is 8.78 Å². The number of nitrogens with zero attached hydrogens (tertiary/aromatic N) is 1. The maximum Gasteiger partial charge on any atom is 0.387 e. The van der Waals surface area contributed by atoms with E-state index >= 15 is 0 Å². The number of ether oxygens (including phenoxy) is 1. The summed E-state index contributed by atoms with van der Waals surface area (Å²) in [6.45, 7) is -2.91. The Labute approximate surface area is 194 Å². The van der Waals surface area contributed by atoms with Crippen LogP contribution >= 0.6 is 23.4 Å². The lowest BCUT2D eigenvalue weighted by Gasteiger charge is -2.11. The van der Waals surface area contributed by atoms with Crippen molar-refractivity contribution in [2.45, 2.75) is 30.8 Å². The highest BCUT2D eigenvalue weighted by Crippen LogP contribution is 2.38. The van der Waals surface area contributed by atoms with Crippen LogP contribution in [0, 0.1) is 5.92 Å². The minimum atomic E-state index is -2.91. The van der Waals surface area contributed by atoms with Gasteiger partial charge in [0.1, 0.15) is 11.6 Å². The highest BCUT2D eigenvalue weighted by molar-refractivity contribution is 7.99. The first-order chi connectivity index (χ1) is 15.5. The Morgan fingerprint density at radius 1 is 1.06 bits per heavy atom. The van der Waals surface area contributed by atoms with Crippen LogP contribution in [0.25, 0.3) is 22.2 Å². The number of alkyl halides is 2. The second-order valence-electron chi connectivity index (χ2n) is 7.98. The Morgan fingerprint density at radius 3 is 2.59 bits per heavy atom. The number of imidazole rings is 1. The van der Waals surface area contributed by atoms with E-state index in [0.717, 1.165) is 22.8 Å². The summed E-state index contributed by atoms with van der Waals surface area (Å²) in [5.41, 5.74) is 3.80. The van der Waals surface area contributed by atoms with Crippen molar-refractivity contribution in [2.24, 2.45) is 5.92 Å². The number of hydrogen-bond acceptors (Lipinski definition) is 3. The summed E-state index contributed by atoms with van der Waals surface area (Å²) in [6, 6.07) is 18.8. The predicted octanol–water partition coefficient (Wildman–Crippen LogP) is 7.58. The predicted molar refractivity (Wildman–Crippen MR) is 126 cm³/mol. The fourth-order valence-corrected chi connectivity index (χ4v) is 5.01. The van der Waals surface area contributed by atoms with Crippen molar-refractivity contribution in [3.8, 4) is 16.9 Å². The molecule has 1 aromatic heterocycles. The molecule has 7 heteroatoms. The summed E-state index contributed by atoms with van der Waals surface area (Å²) in [4.78, 5) is 9.33. The van der Waals surface area contributed by atoms with Crippen LogP contribution in [-0.4, -0.2) is 22.3 Å². The van der Waals surface area contributed by atoms with Crippen molar-refractivity contribution in [3.63, 3.8) is 0 Å². The van der Waals surface area contributed by atoms with Gasteiger partial charge in [0.25, 0.3) is 0 Å². The largest absolute Gasteiger partial charge is 0.434 e. The van der Waals surface area contributed by atoms with Gasteiger partial charge < -0.3 is 9.72 Å². The van der Waals surface area contributed by atoms with E-state index in [1.165, 1.54) is 35.1 Å². The first-order valence-electron chi connectivity index (χ1n) is 10.5. The molecule has 0 radical (unpaired) electrons. The molecule has 0 atom stereocenters. The van der Waals surface area contributed by atoms with Crippen molar-refractivity contribution in [3.05, 3.63) is 77.1 Å². The van der Waals surface area contributed by atoms with Crippen LogP contribution in [0.3, 0.4) is 0 Å². The second kappa shape index (κ2) is 9.12. The Kier molecular flexibility index (Phi) is 6.07. The fourth-order valence-electron chi connectivity index (χ4n) is 3.66. The molecule has 4 aromatic rings. The van der Waals surface area contributed by atoms with Crippen molar-refractivity contribution in [1.82, 2.24) is 9.97 Å². The maximum absolute atomic E-state index is 12.8. The number of halogens is 3. The van der Waals surface area contributed by atoms with E-state index in [-0.39, 0.29) is 5.75 Å². The zero-order valence-corrected chi connectivity index (χ0v) is 18.7. The minimum absolute atomic E-state index is 0.0826. The van der Waals surface area contributed by atoms with Gasteiger partial charge in [0.2, 0.25) is 0 Å². The number of rotatable bonds is 8. The molecular formula is C25H21ClF2N2OS. The Bertz CT molecular complexity index is 1240. The molecule has 1 aliphatic carbocycles. The van der Waals surface area contributed by atoms with Gasteiger partial charge in [-0.15, -0.1) is 11.8 Å². The molecule has 0 bridgehead atoms. The number of nitrogens with one attached hydrogen (secondary N) is 1. The van der Waals surface area contributed by atoms with E-state index in [1.807, 2.05) is 17.8 Å². The third-order valence-corrected chi connectivity index (χ3v) is 7.05. The van der Waals surface area contributed by atoms with Crippen LogP contribution in [0.2, 0.25) is 5.02 Å². The highest BCUT2D eigenvalue weighted by atomic mass is 35.5. The number of fused-ring (bicyclic) bond motifs is 1. The topological polar surface area (TPSA) is 37.9 Å². The van der Waals surface area contributed by atoms with Gasteiger partial charge in [-0.05, 0) is 54.7 Å². The molecule has 32 heavy (non-hydrogen) atoms. The van der Waals surface area contributed by atoms with E-state index in [4.69, 9.17) is 16.6 Å².